The number of halogens is 1. The van der Waals surface area contributed by atoms with Gasteiger partial charge in [0.05, 0.1) is 5.92 Å². The number of rotatable bonds is 1. The first kappa shape index (κ1) is 24.6. The van der Waals surface area contributed by atoms with E-state index in [1.54, 1.807) is 24.1 Å². The lowest BCUT2D eigenvalue weighted by molar-refractivity contribution is -0.153. The number of carbonyl (C=O) groups is 2. The van der Waals surface area contributed by atoms with Crippen LogP contribution in [0.25, 0.3) is 0 Å². The number of hydrogen-bond donors (Lipinski definition) is 1. The van der Waals surface area contributed by atoms with Crippen molar-refractivity contribution in [1.29, 1.82) is 0 Å². The number of nitrogens with zero attached hydrogens (tertiary/aromatic N) is 1. The second-order valence-corrected chi connectivity index (χ2v) is 9.67. The molecule has 7 atom stereocenters. The SMILES string of the molecule is C=CC.CC.CN1C(=O)C(F)=C[C@]2(C)C3CC[C@@]4(C)C(CC[C@@H]4C(=O)O)C3CCC12. The van der Waals surface area contributed by atoms with E-state index >= 15 is 0 Å². The molecule has 1 heterocycles. The number of fused-ring (bicyclic) bond motifs is 5. The van der Waals surface area contributed by atoms with E-state index in [0.29, 0.717) is 17.8 Å². The highest BCUT2D eigenvalue weighted by atomic mass is 19.1. The predicted octanol–water partition coefficient (Wildman–Crippen LogP) is 5.84. The summed E-state index contributed by atoms with van der Waals surface area (Å²) in [5.74, 6) is -0.833. The van der Waals surface area contributed by atoms with E-state index in [2.05, 4.69) is 20.4 Å². The lowest BCUT2D eigenvalue weighted by Crippen LogP contribution is -2.60. The largest absolute Gasteiger partial charge is 0.481 e. The monoisotopic (exact) mass is 421 g/mol. The van der Waals surface area contributed by atoms with Crippen molar-refractivity contribution in [1.82, 2.24) is 4.90 Å². The first-order valence-corrected chi connectivity index (χ1v) is 11.6. The third-order valence-corrected chi connectivity index (χ3v) is 8.46. The van der Waals surface area contributed by atoms with E-state index in [9.17, 15) is 19.1 Å². The minimum absolute atomic E-state index is 0.0572. The van der Waals surface area contributed by atoms with Gasteiger partial charge in [0, 0.05) is 18.5 Å². The average molecular weight is 422 g/mol. The molecule has 3 saturated carbocycles. The van der Waals surface area contributed by atoms with Crippen LogP contribution in [0, 0.1) is 34.5 Å². The van der Waals surface area contributed by atoms with Crippen molar-refractivity contribution in [2.24, 2.45) is 34.5 Å². The summed E-state index contributed by atoms with van der Waals surface area (Å²) in [5, 5.41) is 9.65. The van der Waals surface area contributed by atoms with E-state index in [1.165, 1.54) is 0 Å². The fraction of sp³-hybridized carbons (Fsp3) is 0.760. The van der Waals surface area contributed by atoms with Gasteiger partial charge in [0.1, 0.15) is 0 Å². The fourth-order valence-electron chi connectivity index (χ4n) is 7.24. The topological polar surface area (TPSA) is 57.6 Å². The molecule has 4 unspecified atom stereocenters. The third kappa shape index (κ3) is 3.73. The normalized spacial score (nSPS) is 41.6. The zero-order chi connectivity index (χ0) is 22.9. The van der Waals surface area contributed by atoms with E-state index in [0.717, 1.165) is 38.5 Å². The Hall–Kier alpha value is -1.65. The van der Waals surface area contributed by atoms with Crippen LogP contribution in [0.15, 0.2) is 24.6 Å². The smallest absolute Gasteiger partial charge is 0.307 e. The third-order valence-electron chi connectivity index (χ3n) is 8.46. The molecule has 3 fully saturated rings. The number of carboxylic acid groups (broad SMARTS) is 1. The van der Waals surface area contributed by atoms with E-state index in [1.807, 2.05) is 20.8 Å². The molecule has 0 bridgehead atoms. The Kier molecular flexibility index (Phi) is 7.58. The molecule has 0 saturated heterocycles. The van der Waals surface area contributed by atoms with E-state index in [-0.39, 0.29) is 22.8 Å². The summed E-state index contributed by atoms with van der Waals surface area (Å²) in [6.07, 6.45) is 8.81. The van der Waals surface area contributed by atoms with Gasteiger partial charge in [-0.25, -0.2) is 4.39 Å². The Balaban J connectivity index is 0.000000590. The van der Waals surface area contributed by atoms with Gasteiger partial charge in [-0.05, 0) is 74.7 Å². The van der Waals surface area contributed by atoms with Crippen LogP contribution in [-0.2, 0) is 9.59 Å². The van der Waals surface area contributed by atoms with Crippen LogP contribution in [0.2, 0.25) is 0 Å². The molecule has 3 aliphatic carbocycles. The van der Waals surface area contributed by atoms with Gasteiger partial charge in [-0.2, -0.15) is 0 Å². The molecule has 0 aromatic carbocycles. The van der Waals surface area contributed by atoms with Gasteiger partial charge >= 0.3 is 5.97 Å². The van der Waals surface area contributed by atoms with Crippen molar-refractivity contribution >= 4 is 11.9 Å². The molecule has 4 aliphatic rings. The Bertz CT molecular complexity index is 705. The Morgan fingerprint density at radius 1 is 1.20 bits per heavy atom. The van der Waals surface area contributed by atoms with Gasteiger partial charge in [0.15, 0.2) is 5.83 Å². The maximum atomic E-state index is 14.3. The number of carbonyl (C=O) groups excluding carboxylic acids is 1. The highest BCUT2D eigenvalue weighted by Crippen LogP contribution is 2.65. The van der Waals surface area contributed by atoms with Crippen molar-refractivity contribution in [3.63, 3.8) is 0 Å². The quantitative estimate of drug-likeness (QED) is 0.541. The minimum atomic E-state index is -0.655. The maximum Gasteiger partial charge on any atom is 0.307 e. The van der Waals surface area contributed by atoms with Crippen LogP contribution in [0.3, 0.4) is 0 Å². The van der Waals surface area contributed by atoms with Crippen LogP contribution < -0.4 is 0 Å². The second kappa shape index (κ2) is 9.23. The highest BCUT2D eigenvalue weighted by molar-refractivity contribution is 5.92. The van der Waals surface area contributed by atoms with Gasteiger partial charge in [-0.1, -0.05) is 33.8 Å². The Morgan fingerprint density at radius 2 is 1.80 bits per heavy atom. The van der Waals surface area contributed by atoms with Crippen molar-refractivity contribution in [2.75, 3.05) is 7.05 Å². The Morgan fingerprint density at radius 3 is 2.37 bits per heavy atom. The number of aliphatic carboxylic acids is 1. The van der Waals surface area contributed by atoms with Crippen LogP contribution >= 0.6 is 0 Å². The van der Waals surface area contributed by atoms with Crippen LogP contribution in [0.4, 0.5) is 4.39 Å². The van der Waals surface area contributed by atoms with Crippen molar-refractivity contribution in [3.05, 3.63) is 24.6 Å². The first-order valence-electron chi connectivity index (χ1n) is 11.6. The number of allylic oxidation sites excluding steroid dienone is 1. The molecule has 0 aromatic rings. The molecule has 4 rings (SSSR count). The van der Waals surface area contributed by atoms with Gasteiger partial charge in [-0.3, -0.25) is 9.59 Å². The highest BCUT2D eigenvalue weighted by Gasteiger charge is 2.62. The summed E-state index contributed by atoms with van der Waals surface area (Å²) in [5.41, 5.74) is -0.465. The van der Waals surface area contributed by atoms with Crippen LogP contribution in [0.1, 0.15) is 73.1 Å². The summed E-state index contributed by atoms with van der Waals surface area (Å²) in [6.45, 7) is 13.5. The van der Waals surface area contributed by atoms with Crippen molar-refractivity contribution in [2.45, 2.75) is 79.2 Å². The maximum absolute atomic E-state index is 14.3. The summed E-state index contributed by atoms with van der Waals surface area (Å²) < 4.78 is 14.3. The summed E-state index contributed by atoms with van der Waals surface area (Å²) >= 11 is 0. The number of hydrogen-bond acceptors (Lipinski definition) is 2. The Labute approximate surface area is 181 Å². The van der Waals surface area contributed by atoms with Gasteiger partial charge in [0.2, 0.25) is 0 Å². The zero-order valence-electron chi connectivity index (χ0n) is 19.6. The number of amides is 1. The minimum Gasteiger partial charge on any atom is -0.481 e. The van der Waals surface area contributed by atoms with Gasteiger partial charge < -0.3 is 10.0 Å². The summed E-state index contributed by atoms with van der Waals surface area (Å²) in [6, 6.07) is 0.0572. The lowest BCUT2D eigenvalue weighted by atomic mass is 9.47. The van der Waals surface area contributed by atoms with Gasteiger partial charge in [0.25, 0.3) is 5.91 Å². The molecule has 1 aliphatic heterocycles. The predicted molar refractivity (Wildman–Crippen MR) is 118 cm³/mol. The molecular formula is C25H40FNO3. The van der Waals surface area contributed by atoms with Crippen LogP contribution in [0.5, 0.6) is 0 Å². The average Bonchev–Trinajstić information content (AvgIpc) is 3.06. The van der Waals surface area contributed by atoms with Crippen molar-refractivity contribution < 1.29 is 19.1 Å². The molecule has 0 radical (unpaired) electrons. The fourth-order valence-corrected chi connectivity index (χ4v) is 7.24. The summed E-state index contributed by atoms with van der Waals surface area (Å²) in [4.78, 5) is 25.4. The molecule has 5 heteroatoms. The van der Waals surface area contributed by atoms with Crippen LogP contribution in [-0.4, -0.2) is 35.0 Å². The molecule has 0 aromatic heterocycles. The molecule has 1 N–H and O–H groups in total. The number of carboxylic acids is 1. The molecule has 170 valence electrons. The van der Waals surface area contributed by atoms with Crippen molar-refractivity contribution in [3.8, 4) is 0 Å². The zero-order valence-corrected chi connectivity index (χ0v) is 19.6. The van der Waals surface area contributed by atoms with E-state index in [4.69, 9.17) is 0 Å². The summed E-state index contributed by atoms with van der Waals surface area (Å²) in [7, 11) is 1.72. The van der Waals surface area contributed by atoms with Gasteiger partial charge in [-0.15, -0.1) is 6.58 Å². The number of likely N-dealkylation sites (N-methyl/N-ethyl adjacent to an activating group) is 1. The molecule has 4 nitrogen and oxygen atoms in total. The molecule has 30 heavy (non-hydrogen) atoms. The lowest BCUT2D eigenvalue weighted by Gasteiger charge is -2.60. The second-order valence-electron chi connectivity index (χ2n) is 9.67. The molecule has 1 amide bonds. The molecule has 0 spiro atoms. The first-order chi connectivity index (χ1) is 14.1. The van der Waals surface area contributed by atoms with E-state index < -0.39 is 17.7 Å². The standard InChI is InChI=1S/C20H28FNO3.C3H6.C2H6/c1-19-9-8-13-11(12(19)5-6-14(19)18(24)25)4-7-16-20(13,2)10-15(21)17(23)22(16)3;1-3-2;1-2/h10-14,16H,4-9H2,1-3H3,(H,24,25);3H,1H2,2H3;1-2H3/t11?,12?,13?,14-,16?,19+,20-;;/m1../s1. The molecular weight excluding hydrogens is 381 g/mol.